The van der Waals surface area contributed by atoms with Crippen LogP contribution in [0.15, 0.2) is 35.1 Å². The summed E-state index contributed by atoms with van der Waals surface area (Å²) in [5, 5.41) is 11.1. The molecule has 0 aliphatic carbocycles. The Labute approximate surface area is 186 Å². The first-order valence-electron chi connectivity index (χ1n) is 9.92. The molecule has 10 heteroatoms. The Bertz CT molecular complexity index is 1320. The molecular weight excluding hydrogens is 445 g/mol. The van der Waals surface area contributed by atoms with Crippen LogP contribution in [-0.4, -0.2) is 20.5 Å². The predicted molar refractivity (Wildman–Crippen MR) is 114 cm³/mol. The number of furan rings is 1. The highest BCUT2D eigenvalue weighted by atomic mass is 35.5. The summed E-state index contributed by atoms with van der Waals surface area (Å²) in [7, 11) is 0. The molecule has 32 heavy (non-hydrogen) atoms. The maximum absolute atomic E-state index is 13.1. The van der Waals surface area contributed by atoms with Gasteiger partial charge in [-0.05, 0) is 42.2 Å². The van der Waals surface area contributed by atoms with E-state index < -0.39 is 11.7 Å². The van der Waals surface area contributed by atoms with Gasteiger partial charge in [0.1, 0.15) is 5.58 Å². The first kappa shape index (κ1) is 22.1. The van der Waals surface area contributed by atoms with Crippen molar-refractivity contribution >= 4 is 34.1 Å². The van der Waals surface area contributed by atoms with Gasteiger partial charge in [0.05, 0.1) is 29.8 Å². The van der Waals surface area contributed by atoms with Gasteiger partial charge in [-0.2, -0.15) is 13.2 Å². The van der Waals surface area contributed by atoms with E-state index in [9.17, 15) is 18.0 Å². The highest BCUT2D eigenvalue weighted by Crippen LogP contribution is 2.32. The third-order valence-electron chi connectivity index (χ3n) is 5.32. The summed E-state index contributed by atoms with van der Waals surface area (Å²) in [6.45, 7) is 6.10. The third-order valence-corrected chi connectivity index (χ3v) is 5.59. The van der Waals surface area contributed by atoms with Crippen molar-refractivity contribution in [2.75, 3.05) is 0 Å². The highest BCUT2D eigenvalue weighted by Gasteiger charge is 2.32. The van der Waals surface area contributed by atoms with Crippen molar-refractivity contribution in [3.63, 3.8) is 0 Å². The normalized spacial score (nSPS) is 12.2. The lowest BCUT2D eigenvalue weighted by Crippen LogP contribution is -2.25. The first-order chi connectivity index (χ1) is 15.0. The van der Waals surface area contributed by atoms with Crippen molar-refractivity contribution < 1.29 is 22.4 Å². The Morgan fingerprint density at radius 2 is 2.00 bits per heavy atom. The standard InChI is InChI=1S/C22H20ClF3N4O2/c1-11(2)15-7-16-13(10-32-18(16)4-12(15)3)5-20(31)27-8-19-28-29-21-17(23)6-14(9-30(19)21)22(24,25)26/h4,6-7,9-11H,5,8H2,1-3H3,(H,27,31). The molecule has 4 rings (SSSR count). The van der Waals surface area contributed by atoms with E-state index in [1.165, 1.54) is 5.56 Å². The Balaban J connectivity index is 1.53. The molecule has 0 bridgehead atoms. The van der Waals surface area contributed by atoms with Crippen molar-refractivity contribution in [1.29, 1.82) is 0 Å². The smallest absolute Gasteiger partial charge is 0.417 e. The summed E-state index contributed by atoms with van der Waals surface area (Å²) in [5.41, 5.74) is 2.88. The van der Waals surface area contributed by atoms with E-state index in [4.69, 9.17) is 16.0 Å². The molecule has 0 saturated heterocycles. The number of hydrogen-bond acceptors (Lipinski definition) is 4. The molecule has 4 aromatic rings. The van der Waals surface area contributed by atoms with Gasteiger partial charge in [0.25, 0.3) is 0 Å². The second kappa shape index (κ2) is 8.12. The second-order valence-electron chi connectivity index (χ2n) is 7.96. The van der Waals surface area contributed by atoms with Crippen LogP contribution in [0.3, 0.4) is 0 Å². The van der Waals surface area contributed by atoms with E-state index in [0.29, 0.717) is 11.5 Å². The summed E-state index contributed by atoms with van der Waals surface area (Å²) < 4.78 is 46.0. The van der Waals surface area contributed by atoms with E-state index in [2.05, 4.69) is 29.4 Å². The first-order valence-corrected chi connectivity index (χ1v) is 10.3. The lowest BCUT2D eigenvalue weighted by Gasteiger charge is -2.10. The van der Waals surface area contributed by atoms with Crippen LogP contribution in [0.2, 0.25) is 5.02 Å². The zero-order valence-electron chi connectivity index (χ0n) is 17.5. The van der Waals surface area contributed by atoms with Crippen LogP contribution < -0.4 is 5.32 Å². The number of hydrogen-bond donors (Lipinski definition) is 1. The molecule has 0 aliphatic heterocycles. The largest absolute Gasteiger partial charge is 0.464 e. The number of halogens is 4. The molecule has 6 nitrogen and oxygen atoms in total. The molecule has 1 amide bonds. The van der Waals surface area contributed by atoms with Crippen LogP contribution in [0, 0.1) is 6.92 Å². The maximum Gasteiger partial charge on any atom is 0.417 e. The fourth-order valence-corrected chi connectivity index (χ4v) is 3.94. The molecule has 0 spiro atoms. The quantitative estimate of drug-likeness (QED) is 0.427. The topological polar surface area (TPSA) is 72.4 Å². The summed E-state index contributed by atoms with van der Waals surface area (Å²) in [5.74, 6) is 0.135. The van der Waals surface area contributed by atoms with E-state index in [0.717, 1.165) is 33.2 Å². The van der Waals surface area contributed by atoms with Crippen molar-refractivity contribution in [2.24, 2.45) is 0 Å². The summed E-state index contributed by atoms with van der Waals surface area (Å²) in [6, 6.07) is 4.79. The molecule has 3 heterocycles. The molecule has 0 unspecified atom stereocenters. The molecule has 0 aliphatic rings. The highest BCUT2D eigenvalue weighted by molar-refractivity contribution is 6.33. The van der Waals surface area contributed by atoms with Crippen molar-refractivity contribution in [3.05, 3.63) is 63.8 Å². The summed E-state index contributed by atoms with van der Waals surface area (Å²) >= 11 is 5.92. The van der Waals surface area contributed by atoms with Gasteiger partial charge in [0, 0.05) is 17.1 Å². The minimum atomic E-state index is -4.57. The Hall–Kier alpha value is -3.07. The average Bonchev–Trinajstić information content (AvgIpc) is 3.29. The zero-order chi connectivity index (χ0) is 23.2. The number of nitrogens with zero attached hydrogens (tertiary/aromatic N) is 3. The molecular formula is C22H20ClF3N4O2. The number of aryl methyl sites for hydroxylation is 1. The van der Waals surface area contributed by atoms with Gasteiger partial charge in [-0.3, -0.25) is 9.20 Å². The number of fused-ring (bicyclic) bond motifs is 2. The lowest BCUT2D eigenvalue weighted by atomic mass is 9.95. The zero-order valence-corrected chi connectivity index (χ0v) is 18.3. The van der Waals surface area contributed by atoms with Crippen molar-refractivity contribution in [2.45, 2.75) is 45.8 Å². The van der Waals surface area contributed by atoms with Gasteiger partial charge in [0.15, 0.2) is 11.5 Å². The number of amides is 1. The number of pyridine rings is 1. The van der Waals surface area contributed by atoms with E-state index in [1.807, 2.05) is 19.1 Å². The van der Waals surface area contributed by atoms with Crippen molar-refractivity contribution in [3.8, 4) is 0 Å². The number of rotatable bonds is 5. The number of aromatic nitrogens is 3. The van der Waals surface area contributed by atoms with Crippen LogP contribution in [0.1, 0.15) is 47.8 Å². The molecule has 0 radical (unpaired) electrons. The van der Waals surface area contributed by atoms with Crippen LogP contribution in [0.25, 0.3) is 16.6 Å². The Morgan fingerprint density at radius 1 is 1.25 bits per heavy atom. The monoisotopic (exact) mass is 464 g/mol. The maximum atomic E-state index is 13.1. The number of benzene rings is 1. The van der Waals surface area contributed by atoms with Gasteiger partial charge in [-0.1, -0.05) is 25.4 Å². The predicted octanol–water partition coefficient (Wildman–Crippen LogP) is 5.44. The lowest BCUT2D eigenvalue weighted by molar-refractivity contribution is -0.137. The van der Waals surface area contributed by atoms with Gasteiger partial charge < -0.3 is 9.73 Å². The van der Waals surface area contributed by atoms with Gasteiger partial charge >= 0.3 is 6.18 Å². The van der Waals surface area contributed by atoms with Gasteiger partial charge in [0.2, 0.25) is 5.91 Å². The number of carbonyl (C=O) groups excluding carboxylic acids is 1. The minimum Gasteiger partial charge on any atom is -0.464 e. The third kappa shape index (κ3) is 4.17. The molecule has 0 fully saturated rings. The Morgan fingerprint density at radius 3 is 2.69 bits per heavy atom. The van der Waals surface area contributed by atoms with E-state index >= 15 is 0 Å². The van der Waals surface area contributed by atoms with E-state index in [1.54, 1.807) is 6.26 Å². The minimum absolute atomic E-state index is 0.0545. The summed E-state index contributed by atoms with van der Waals surface area (Å²) in [6.07, 6.45) is -2.10. The molecule has 0 atom stereocenters. The van der Waals surface area contributed by atoms with Crippen molar-refractivity contribution in [1.82, 2.24) is 19.9 Å². The van der Waals surface area contributed by atoms with Crippen LogP contribution in [-0.2, 0) is 23.9 Å². The van der Waals surface area contributed by atoms with Gasteiger partial charge in [-0.15, -0.1) is 10.2 Å². The fraction of sp³-hybridized carbons (Fsp3) is 0.318. The molecule has 1 N–H and O–H groups in total. The fourth-order valence-electron chi connectivity index (χ4n) is 3.69. The number of nitrogens with one attached hydrogen (secondary N) is 1. The van der Waals surface area contributed by atoms with E-state index in [-0.39, 0.29) is 35.4 Å². The van der Waals surface area contributed by atoms with Crippen LogP contribution >= 0.6 is 11.6 Å². The average molecular weight is 465 g/mol. The van der Waals surface area contributed by atoms with Crippen LogP contribution in [0.4, 0.5) is 13.2 Å². The molecule has 1 aromatic carbocycles. The number of carbonyl (C=O) groups is 1. The summed E-state index contributed by atoms with van der Waals surface area (Å²) in [4.78, 5) is 12.5. The van der Waals surface area contributed by atoms with Gasteiger partial charge in [-0.25, -0.2) is 0 Å². The van der Waals surface area contributed by atoms with Crippen LogP contribution in [0.5, 0.6) is 0 Å². The molecule has 0 saturated carbocycles. The number of alkyl halides is 3. The molecule has 3 aromatic heterocycles. The Kier molecular flexibility index (Phi) is 5.62. The molecule has 168 valence electrons. The second-order valence-corrected chi connectivity index (χ2v) is 8.37. The SMILES string of the molecule is Cc1cc2occ(CC(=O)NCc3nnc4c(Cl)cc(C(F)(F)F)cn34)c2cc1C(C)C.